The van der Waals surface area contributed by atoms with Gasteiger partial charge in [-0.25, -0.2) is 0 Å². The van der Waals surface area contributed by atoms with Crippen LogP contribution in [-0.2, 0) is 44.3 Å². The van der Waals surface area contributed by atoms with Crippen molar-refractivity contribution in [2.75, 3.05) is 46.2 Å². The molecule has 0 radical (unpaired) electrons. The largest absolute Gasteiger partial charge is 0.494 e. The van der Waals surface area contributed by atoms with E-state index in [9.17, 15) is 0 Å². The van der Waals surface area contributed by atoms with Gasteiger partial charge in [-0.05, 0) is 128 Å². The molecule has 1 aliphatic carbocycles. The van der Waals surface area contributed by atoms with E-state index in [0.717, 1.165) is 55.3 Å². The molecule has 5 aromatic rings. The number of fused-ring (bicyclic) bond motifs is 1. The van der Waals surface area contributed by atoms with Gasteiger partial charge in [-0.3, -0.25) is 0 Å². The summed E-state index contributed by atoms with van der Waals surface area (Å²) in [5.41, 5.74) is 6.95. The molecular formula is C71H110O8Si5. The van der Waals surface area contributed by atoms with Crippen LogP contribution in [0.25, 0.3) is 6.08 Å². The first kappa shape index (κ1) is 69.1. The summed E-state index contributed by atoms with van der Waals surface area (Å²) in [6.45, 7) is 45.3. The minimum atomic E-state index is -1.17. The summed E-state index contributed by atoms with van der Waals surface area (Å²) in [4.78, 5) is 0. The molecule has 0 amide bonds. The lowest BCUT2D eigenvalue weighted by atomic mass is 9.87. The van der Waals surface area contributed by atoms with Crippen LogP contribution in [0, 0.1) is 5.92 Å². The summed E-state index contributed by atoms with van der Waals surface area (Å²) in [6.07, 6.45) is 12.7. The fourth-order valence-corrected chi connectivity index (χ4v) is 15.1. The number of ether oxygens (including phenoxy) is 8. The maximum absolute atomic E-state index is 5.93. The number of aryl methyl sites for hydroxylation is 3. The first-order valence-electron chi connectivity index (χ1n) is 31.7. The van der Waals surface area contributed by atoms with E-state index in [1.807, 2.05) is 6.08 Å². The fraction of sp³-hybridized carbons (Fsp3) is 0.549. The average molecular weight is 1230 g/mol. The van der Waals surface area contributed by atoms with Crippen LogP contribution in [-0.4, -0.2) is 117 Å². The standard InChI is InChI=1S/C19H30O2Si.C14H22O2Si.C13H20O2Si.C13H20Si.C12H18O2Si/c1-22(2,3)13-11-15-4-7-17(8-5-15)20-12-10-16-6-9-18-19(14-16)21-18;1-17(2,3)9-8-12-4-6-13(7-5-12)15-10-14-11-16-14;1-16(2,3)10-11-4-6-12(7-5-11)14-8-13-9-15-13;1-5-12-6-8-13(9-7-12)10-11-14(2,3)4;1-15(2,3)12-6-4-10(5-7-12)13-8-11-9-14-11/h4-5,7-8,16,18-19H,6,9-14H2,1-3H3;4-7,14H,8-11H2,1-3H3;4-7,13H,8-10H2,1-3H3;5-9H,1,10-11H2,2-4H3;4-7,11H,8-9H2,1-3H3. The molecule has 84 heavy (non-hydrogen) atoms. The summed E-state index contributed by atoms with van der Waals surface area (Å²) in [7, 11) is -4.91. The van der Waals surface area contributed by atoms with E-state index in [2.05, 4.69) is 226 Å². The van der Waals surface area contributed by atoms with Crippen LogP contribution >= 0.6 is 0 Å². The third-order valence-electron chi connectivity index (χ3n) is 15.4. The number of benzene rings is 5. The molecule has 8 nitrogen and oxygen atoms in total. The topological polar surface area (TPSA) is 87.0 Å². The lowest BCUT2D eigenvalue weighted by Gasteiger charge is -2.19. The van der Waals surface area contributed by atoms with E-state index in [1.54, 1.807) is 0 Å². The second-order valence-corrected chi connectivity index (χ2v) is 57.3. The number of rotatable bonds is 26. The van der Waals surface area contributed by atoms with Gasteiger partial charge >= 0.3 is 0 Å². The van der Waals surface area contributed by atoms with Crippen LogP contribution in [0.15, 0.2) is 128 Å². The molecule has 462 valence electrons. The van der Waals surface area contributed by atoms with Crippen LogP contribution in [0.1, 0.15) is 53.5 Å². The lowest BCUT2D eigenvalue weighted by Crippen LogP contribution is -2.37. The molecule has 5 aromatic carbocycles. The van der Waals surface area contributed by atoms with Crippen molar-refractivity contribution in [3.63, 3.8) is 0 Å². The molecule has 6 atom stereocenters. The molecule has 0 bridgehead atoms. The molecule has 4 heterocycles. The summed E-state index contributed by atoms with van der Waals surface area (Å²) < 4.78 is 43.6. The highest BCUT2D eigenvalue weighted by atomic mass is 28.3. The maximum atomic E-state index is 5.93. The van der Waals surface area contributed by atoms with Gasteiger partial charge in [0, 0.05) is 32.3 Å². The highest BCUT2D eigenvalue weighted by Gasteiger charge is 2.43. The predicted octanol–water partition coefficient (Wildman–Crippen LogP) is 17.4. The van der Waals surface area contributed by atoms with Gasteiger partial charge in [0.25, 0.3) is 0 Å². The molecule has 1 saturated carbocycles. The molecule has 0 aromatic heterocycles. The first-order valence-corrected chi connectivity index (χ1v) is 50.1. The second kappa shape index (κ2) is 32.8. The molecular weight excluding hydrogens is 1120 g/mol. The van der Waals surface area contributed by atoms with Crippen molar-refractivity contribution < 1.29 is 37.9 Å². The Morgan fingerprint density at radius 2 is 0.786 bits per heavy atom. The Hall–Kier alpha value is -4.04. The summed E-state index contributed by atoms with van der Waals surface area (Å²) in [6, 6.07) is 48.3. The van der Waals surface area contributed by atoms with E-state index < -0.39 is 40.4 Å². The number of epoxide rings is 4. The quantitative estimate of drug-likeness (QED) is 0.0400. The Bertz CT molecular complexity index is 2640. The van der Waals surface area contributed by atoms with Gasteiger partial charge in [-0.15, -0.1) is 0 Å². The number of hydrogen-bond donors (Lipinski definition) is 0. The van der Waals surface area contributed by atoms with Crippen LogP contribution in [0.5, 0.6) is 23.0 Å². The van der Waals surface area contributed by atoms with Crippen LogP contribution in [0.4, 0.5) is 0 Å². The third kappa shape index (κ3) is 31.0. The molecule has 0 spiro atoms. The van der Waals surface area contributed by atoms with Gasteiger partial charge in [0.05, 0.1) is 46.7 Å². The fourth-order valence-electron chi connectivity index (χ4n) is 9.40. The lowest BCUT2D eigenvalue weighted by molar-refractivity contribution is 0.253. The van der Waals surface area contributed by atoms with Crippen molar-refractivity contribution in [2.24, 2.45) is 5.92 Å². The summed E-state index contributed by atoms with van der Waals surface area (Å²) in [5, 5.41) is 1.47. The molecule has 4 aliphatic heterocycles. The van der Waals surface area contributed by atoms with Crippen molar-refractivity contribution in [2.45, 2.75) is 198 Å². The van der Waals surface area contributed by atoms with E-state index >= 15 is 0 Å². The average Bonchev–Trinajstić information content (AvgIpc) is 4.40. The third-order valence-corrected chi connectivity index (χ3v) is 24.1. The molecule has 6 unspecified atom stereocenters. The zero-order valence-corrected chi connectivity index (χ0v) is 59.8. The molecule has 13 heteroatoms. The summed E-state index contributed by atoms with van der Waals surface area (Å²) in [5.74, 6) is 4.69. The molecule has 5 fully saturated rings. The zero-order valence-electron chi connectivity index (χ0n) is 54.8. The second-order valence-electron chi connectivity index (χ2n) is 29.9. The molecule has 0 N–H and O–H groups in total. The first-order chi connectivity index (χ1) is 39.6. The smallest absolute Gasteiger partial charge is 0.119 e. The normalized spacial score (nSPS) is 20.2. The van der Waals surface area contributed by atoms with E-state index in [4.69, 9.17) is 37.9 Å². The Morgan fingerprint density at radius 1 is 0.429 bits per heavy atom. The Kier molecular flexibility index (Phi) is 27.0. The van der Waals surface area contributed by atoms with Gasteiger partial charge in [0.2, 0.25) is 0 Å². The van der Waals surface area contributed by atoms with Gasteiger partial charge in [-0.2, -0.15) is 0 Å². The van der Waals surface area contributed by atoms with E-state index in [1.165, 1.54) is 102 Å². The van der Waals surface area contributed by atoms with Crippen molar-refractivity contribution in [3.8, 4) is 23.0 Å². The van der Waals surface area contributed by atoms with E-state index in [0.29, 0.717) is 50.3 Å². The van der Waals surface area contributed by atoms with Gasteiger partial charge in [-0.1, -0.05) is 213 Å². The van der Waals surface area contributed by atoms with Crippen molar-refractivity contribution >= 4 is 51.6 Å². The van der Waals surface area contributed by atoms with Gasteiger partial charge in [0.1, 0.15) is 61.1 Å². The Morgan fingerprint density at radius 3 is 1.12 bits per heavy atom. The number of hydrogen-bond acceptors (Lipinski definition) is 8. The zero-order chi connectivity index (χ0) is 61.0. The maximum Gasteiger partial charge on any atom is 0.119 e. The summed E-state index contributed by atoms with van der Waals surface area (Å²) >= 11 is 0. The monoisotopic (exact) mass is 1230 g/mol. The molecule has 5 aliphatic rings. The minimum Gasteiger partial charge on any atom is -0.494 e. The highest BCUT2D eigenvalue weighted by Crippen LogP contribution is 2.40. The minimum absolute atomic E-state index is 0.335. The van der Waals surface area contributed by atoms with Crippen molar-refractivity contribution in [3.05, 3.63) is 156 Å². The van der Waals surface area contributed by atoms with Crippen LogP contribution in [0.2, 0.25) is 116 Å². The predicted molar refractivity (Wildman–Crippen MR) is 370 cm³/mol. The van der Waals surface area contributed by atoms with Crippen LogP contribution < -0.4 is 24.1 Å². The van der Waals surface area contributed by atoms with Crippen molar-refractivity contribution in [1.82, 2.24) is 0 Å². The van der Waals surface area contributed by atoms with Crippen LogP contribution in [0.3, 0.4) is 0 Å². The highest BCUT2D eigenvalue weighted by molar-refractivity contribution is 6.88. The van der Waals surface area contributed by atoms with Gasteiger partial charge < -0.3 is 37.9 Å². The van der Waals surface area contributed by atoms with E-state index in [-0.39, 0.29) is 0 Å². The van der Waals surface area contributed by atoms with Crippen molar-refractivity contribution in [1.29, 1.82) is 0 Å². The van der Waals surface area contributed by atoms with Gasteiger partial charge in [0.15, 0.2) is 0 Å². The Labute approximate surface area is 515 Å². The molecule has 10 rings (SSSR count). The molecule has 4 saturated heterocycles. The SMILES string of the molecule is C=Cc1ccc(CC[Si](C)(C)C)cc1.C[Si](C)(C)CCc1ccc(OCC2CO2)cc1.C[Si](C)(C)CCc1ccc(OCCC2CCC3OC3C2)cc1.C[Si](C)(C)Cc1ccc(OCC2CO2)cc1.C[Si](C)(C)c1ccc(OCC2CO2)cc1. The Balaban J connectivity index is 0.000000170.